The lowest BCUT2D eigenvalue weighted by Crippen LogP contribution is -2.15. The van der Waals surface area contributed by atoms with E-state index in [9.17, 15) is 4.79 Å². The van der Waals surface area contributed by atoms with Gasteiger partial charge in [-0.05, 0) is 53.2 Å². The van der Waals surface area contributed by atoms with Crippen molar-refractivity contribution in [3.63, 3.8) is 0 Å². The first-order chi connectivity index (χ1) is 14.0. The van der Waals surface area contributed by atoms with Gasteiger partial charge in [0, 0.05) is 16.7 Å². The monoisotopic (exact) mass is 514 g/mol. The smallest absolute Gasteiger partial charge is 0.234 e. The number of carbonyl (C=O) groups is 1. The number of benzene rings is 2. The number of carbonyl (C=O) groups excluding carboxylic acids is 1. The molecule has 1 N–H and O–H groups in total. The molecule has 0 fully saturated rings. The van der Waals surface area contributed by atoms with Crippen molar-refractivity contribution in [2.45, 2.75) is 25.2 Å². The second-order valence-corrected chi connectivity index (χ2v) is 8.44. The zero-order valence-corrected chi connectivity index (χ0v) is 19.3. The normalized spacial score (nSPS) is 10.8. The number of nitrogens with one attached hydrogen (secondary N) is 1. The molecular weight excluding hydrogens is 499 g/mol. The van der Waals surface area contributed by atoms with Crippen LogP contribution in [0.3, 0.4) is 0 Å². The molecule has 0 saturated heterocycles. The Hall–Kier alpha value is -1.74. The Kier molecular flexibility index (Phi) is 7.83. The zero-order chi connectivity index (χ0) is 20.8. The molecule has 3 rings (SSSR count). The maximum Gasteiger partial charge on any atom is 0.234 e. The fourth-order valence-electron chi connectivity index (χ4n) is 2.46. The number of anilines is 1. The first-order valence-corrected chi connectivity index (χ1v) is 11.2. The number of para-hydroxylation sites is 1. The molecular formula is C19H17BrCl2N4O2S. The Bertz CT molecular complexity index is 1020. The molecule has 152 valence electrons. The third kappa shape index (κ3) is 5.88. The number of hydrogen-bond donors (Lipinski definition) is 1. The number of rotatable bonds is 8. The van der Waals surface area contributed by atoms with Gasteiger partial charge < -0.3 is 14.6 Å². The Morgan fingerprint density at radius 1 is 1.21 bits per heavy atom. The lowest BCUT2D eigenvalue weighted by Gasteiger charge is -2.10. The van der Waals surface area contributed by atoms with E-state index in [1.807, 2.05) is 23.6 Å². The van der Waals surface area contributed by atoms with Crippen LogP contribution in [0, 0.1) is 0 Å². The fourth-order valence-corrected chi connectivity index (χ4v) is 3.96. The van der Waals surface area contributed by atoms with Crippen molar-refractivity contribution in [2.75, 3.05) is 11.1 Å². The van der Waals surface area contributed by atoms with Crippen LogP contribution in [0.25, 0.3) is 0 Å². The van der Waals surface area contributed by atoms with Gasteiger partial charge >= 0.3 is 0 Å². The molecule has 0 radical (unpaired) electrons. The van der Waals surface area contributed by atoms with Crippen LogP contribution in [0.15, 0.2) is 52.1 Å². The van der Waals surface area contributed by atoms with Crippen LogP contribution in [0.4, 0.5) is 5.69 Å². The van der Waals surface area contributed by atoms with Crippen molar-refractivity contribution in [3.8, 4) is 5.75 Å². The zero-order valence-electron chi connectivity index (χ0n) is 15.4. The third-order valence-electron chi connectivity index (χ3n) is 3.84. The van der Waals surface area contributed by atoms with Gasteiger partial charge in [0.25, 0.3) is 0 Å². The van der Waals surface area contributed by atoms with Crippen LogP contribution in [-0.4, -0.2) is 26.4 Å². The minimum Gasteiger partial charge on any atom is -0.484 e. The Balaban J connectivity index is 1.59. The van der Waals surface area contributed by atoms with Gasteiger partial charge in [-0.15, -0.1) is 10.2 Å². The standard InChI is InChI=1S/C19H17BrCl2N4O2S/c1-2-26-17(10-28-16-6-4-3-5-15(16)22)24-25-19(26)29-11-18(27)23-12-7-8-14(21)13(20)9-12/h3-9H,2,10-11H2,1H3,(H,23,27). The fraction of sp³-hybridized carbons (Fsp3) is 0.211. The Morgan fingerprint density at radius 3 is 2.72 bits per heavy atom. The number of halogens is 3. The van der Waals surface area contributed by atoms with E-state index in [0.717, 1.165) is 4.47 Å². The van der Waals surface area contributed by atoms with Gasteiger partial charge in [-0.25, -0.2) is 0 Å². The quantitative estimate of drug-likeness (QED) is 0.391. The SMILES string of the molecule is CCn1c(COc2ccccc2Cl)nnc1SCC(=O)Nc1ccc(Cl)c(Br)c1. The van der Waals surface area contributed by atoms with Crippen molar-refractivity contribution < 1.29 is 9.53 Å². The summed E-state index contributed by atoms with van der Waals surface area (Å²) in [5.41, 5.74) is 0.665. The number of hydrogen-bond acceptors (Lipinski definition) is 5. The maximum absolute atomic E-state index is 12.3. The highest BCUT2D eigenvalue weighted by Gasteiger charge is 2.14. The molecule has 0 atom stereocenters. The van der Waals surface area contributed by atoms with Gasteiger partial charge in [0.05, 0.1) is 15.8 Å². The minimum absolute atomic E-state index is 0.149. The van der Waals surface area contributed by atoms with Crippen LogP contribution < -0.4 is 10.1 Å². The van der Waals surface area contributed by atoms with E-state index in [0.29, 0.717) is 39.0 Å². The van der Waals surface area contributed by atoms with E-state index in [1.165, 1.54) is 11.8 Å². The van der Waals surface area contributed by atoms with Gasteiger partial charge in [0.2, 0.25) is 5.91 Å². The molecule has 2 aromatic carbocycles. The van der Waals surface area contributed by atoms with E-state index in [4.69, 9.17) is 27.9 Å². The van der Waals surface area contributed by atoms with E-state index in [2.05, 4.69) is 31.4 Å². The van der Waals surface area contributed by atoms with E-state index < -0.39 is 0 Å². The number of ether oxygens (including phenoxy) is 1. The predicted octanol–water partition coefficient (Wildman–Crippen LogP) is 5.68. The predicted molar refractivity (Wildman–Crippen MR) is 120 cm³/mol. The molecule has 10 heteroatoms. The summed E-state index contributed by atoms with van der Waals surface area (Å²) in [4.78, 5) is 12.3. The summed E-state index contributed by atoms with van der Waals surface area (Å²) >= 11 is 16.7. The summed E-state index contributed by atoms with van der Waals surface area (Å²) in [6.45, 7) is 2.87. The molecule has 0 unspecified atom stereocenters. The molecule has 0 bridgehead atoms. The number of thioether (sulfide) groups is 1. The first-order valence-electron chi connectivity index (χ1n) is 8.65. The summed E-state index contributed by atoms with van der Waals surface area (Å²) in [6, 6.07) is 12.5. The Labute approximate surface area is 191 Å². The van der Waals surface area contributed by atoms with Gasteiger partial charge in [0.1, 0.15) is 12.4 Å². The second kappa shape index (κ2) is 10.3. The van der Waals surface area contributed by atoms with Crippen LogP contribution in [-0.2, 0) is 17.9 Å². The molecule has 0 saturated carbocycles. The molecule has 6 nitrogen and oxygen atoms in total. The summed E-state index contributed by atoms with van der Waals surface area (Å²) in [6.07, 6.45) is 0. The van der Waals surface area contributed by atoms with Crippen molar-refractivity contribution in [2.24, 2.45) is 0 Å². The summed E-state index contributed by atoms with van der Waals surface area (Å²) in [5.74, 6) is 1.30. The topological polar surface area (TPSA) is 69.0 Å². The largest absolute Gasteiger partial charge is 0.484 e. The molecule has 0 aliphatic rings. The molecule has 1 heterocycles. The molecule has 1 aromatic heterocycles. The van der Waals surface area contributed by atoms with Crippen LogP contribution >= 0.6 is 50.9 Å². The van der Waals surface area contributed by atoms with E-state index in [-0.39, 0.29) is 18.3 Å². The van der Waals surface area contributed by atoms with E-state index >= 15 is 0 Å². The van der Waals surface area contributed by atoms with Gasteiger partial charge in [-0.3, -0.25) is 4.79 Å². The summed E-state index contributed by atoms with van der Waals surface area (Å²) in [5, 5.41) is 13.0. The highest BCUT2D eigenvalue weighted by atomic mass is 79.9. The van der Waals surface area contributed by atoms with Crippen LogP contribution in [0.1, 0.15) is 12.7 Å². The summed E-state index contributed by atoms with van der Waals surface area (Å²) < 4.78 is 8.38. The third-order valence-corrected chi connectivity index (χ3v) is 6.33. The first kappa shape index (κ1) is 22.0. The molecule has 1 amide bonds. The van der Waals surface area contributed by atoms with E-state index in [1.54, 1.807) is 30.3 Å². The van der Waals surface area contributed by atoms with Crippen LogP contribution in [0.5, 0.6) is 5.75 Å². The molecule has 3 aromatic rings. The average molecular weight is 516 g/mol. The number of amides is 1. The van der Waals surface area contributed by atoms with Gasteiger partial charge in [-0.2, -0.15) is 0 Å². The van der Waals surface area contributed by atoms with Crippen LogP contribution in [0.2, 0.25) is 10.0 Å². The van der Waals surface area contributed by atoms with Crippen molar-refractivity contribution in [1.82, 2.24) is 14.8 Å². The molecule has 0 aliphatic heterocycles. The average Bonchev–Trinajstić information content (AvgIpc) is 3.10. The van der Waals surface area contributed by atoms with Gasteiger partial charge in [-0.1, -0.05) is 47.1 Å². The van der Waals surface area contributed by atoms with Crippen molar-refractivity contribution >= 4 is 62.5 Å². The lowest BCUT2D eigenvalue weighted by atomic mass is 10.3. The molecule has 0 spiro atoms. The van der Waals surface area contributed by atoms with Crippen molar-refractivity contribution in [1.29, 1.82) is 0 Å². The summed E-state index contributed by atoms with van der Waals surface area (Å²) in [7, 11) is 0. The number of aromatic nitrogens is 3. The molecule has 0 aliphatic carbocycles. The lowest BCUT2D eigenvalue weighted by molar-refractivity contribution is -0.113. The molecule has 29 heavy (non-hydrogen) atoms. The van der Waals surface area contributed by atoms with Crippen molar-refractivity contribution in [3.05, 3.63) is 62.8 Å². The Morgan fingerprint density at radius 2 is 2.00 bits per heavy atom. The highest BCUT2D eigenvalue weighted by Crippen LogP contribution is 2.26. The second-order valence-electron chi connectivity index (χ2n) is 5.83. The minimum atomic E-state index is -0.149. The maximum atomic E-state index is 12.3. The van der Waals surface area contributed by atoms with Gasteiger partial charge in [0.15, 0.2) is 11.0 Å². The highest BCUT2D eigenvalue weighted by molar-refractivity contribution is 9.10. The number of nitrogens with zero attached hydrogens (tertiary/aromatic N) is 3.